The molecule has 0 unspecified atom stereocenters. The molecule has 0 heterocycles. The Balaban J connectivity index is 3.39. The fourth-order valence-corrected chi connectivity index (χ4v) is 1.64. The molecule has 0 amide bonds. The minimum absolute atomic E-state index is 0.0425. The number of ketones is 1. The van der Waals surface area contributed by atoms with Gasteiger partial charge in [0.2, 0.25) is 11.6 Å². The Morgan fingerprint density at radius 2 is 1.78 bits per heavy atom. The lowest BCUT2D eigenvalue weighted by Gasteiger charge is -2.10. The number of Topliss-reactive ketones (excluding diaryl/α,β-unsaturated/α-hetero) is 1. The SMILES string of the molecule is CCO/C=C(\C(=O)OCC)C(=O)c1cc(F)c(F)c(OC)c1F. The maximum absolute atomic E-state index is 14.1. The Kier molecular flexibility index (Phi) is 6.62. The molecule has 126 valence electrons. The fourth-order valence-electron chi connectivity index (χ4n) is 1.64. The summed E-state index contributed by atoms with van der Waals surface area (Å²) < 4.78 is 54.9. The summed E-state index contributed by atoms with van der Waals surface area (Å²) in [4.78, 5) is 24.1. The van der Waals surface area contributed by atoms with Gasteiger partial charge >= 0.3 is 5.97 Å². The van der Waals surface area contributed by atoms with Crippen molar-refractivity contribution in [3.05, 3.63) is 40.9 Å². The number of carbonyl (C=O) groups is 2. The smallest absolute Gasteiger partial charge is 0.345 e. The van der Waals surface area contributed by atoms with Crippen LogP contribution in [0.5, 0.6) is 5.75 Å². The molecule has 0 atom stereocenters. The van der Waals surface area contributed by atoms with Crippen molar-refractivity contribution in [1.29, 1.82) is 0 Å². The van der Waals surface area contributed by atoms with Gasteiger partial charge in [0.05, 0.1) is 25.9 Å². The van der Waals surface area contributed by atoms with Crippen LogP contribution in [0, 0.1) is 17.5 Å². The van der Waals surface area contributed by atoms with Gasteiger partial charge < -0.3 is 14.2 Å². The largest absolute Gasteiger partial charge is 0.500 e. The lowest BCUT2D eigenvalue weighted by molar-refractivity contribution is -0.138. The molecule has 0 aliphatic carbocycles. The molecule has 0 radical (unpaired) electrons. The molecule has 0 aromatic heterocycles. The molecule has 0 aliphatic rings. The van der Waals surface area contributed by atoms with Crippen molar-refractivity contribution in [2.24, 2.45) is 0 Å². The molecule has 0 fully saturated rings. The lowest BCUT2D eigenvalue weighted by Crippen LogP contribution is -2.18. The molecule has 0 bridgehead atoms. The number of hydrogen-bond acceptors (Lipinski definition) is 5. The highest BCUT2D eigenvalue weighted by Gasteiger charge is 2.29. The molecule has 0 spiro atoms. The second-order valence-electron chi connectivity index (χ2n) is 4.10. The summed E-state index contributed by atoms with van der Waals surface area (Å²) in [7, 11) is 0.914. The highest BCUT2D eigenvalue weighted by molar-refractivity contribution is 6.24. The molecule has 0 saturated heterocycles. The Bertz CT molecular complexity index is 640. The Labute approximate surface area is 130 Å². The van der Waals surface area contributed by atoms with E-state index in [2.05, 4.69) is 9.47 Å². The number of ether oxygens (including phenoxy) is 3. The lowest BCUT2D eigenvalue weighted by atomic mass is 10.0. The van der Waals surface area contributed by atoms with Crippen LogP contribution in [0.15, 0.2) is 17.9 Å². The number of halogens is 3. The third-order valence-corrected chi connectivity index (χ3v) is 2.67. The van der Waals surface area contributed by atoms with Crippen LogP contribution in [0.2, 0.25) is 0 Å². The summed E-state index contributed by atoms with van der Waals surface area (Å²) in [6.45, 7) is 3.17. The van der Waals surface area contributed by atoms with Crippen molar-refractivity contribution in [2.45, 2.75) is 13.8 Å². The zero-order valence-electron chi connectivity index (χ0n) is 12.7. The summed E-state index contributed by atoms with van der Waals surface area (Å²) in [6.07, 6.45) is 0.785. The van der Waals surface area contributed by atoms with Gasteiger partial charge in [-0.15, -0.1) is 0 Å². The number of hydrogen-bond donors (Lipinski definition) is 0. The maximum Gasteiger partial charge on any atom is 0.345 e. The van der Waals surface area contributed by atoms with Crippen LogP contribution in [-0.4, -0.2) is 32.1 Å². The highest BCUT2D eigenvalue weighted by atomic mass is 19.2. The summed E-state index contributed by atoms with van der Waals surface area (Å²) in [5.41, 5.74) is -1.53. The van der Waals surface area contributed by atoms with Crippen molar-refractivity contribution in [3.63, 3.8) is 0 Å². The summed E-state index contributed by atoms with van der Waals surface area (Å²) >= 11 is 0. The molecular weight excluding hydrogens is 317 g/mol. The normalized spacial score (nSPS) is 11.1. The quantitative estimate of drug-likeness (QED) is 0.146. The first-order valence-corrected chi connectivity index (χ1v) is 6.63. The van der Waals surface area contributed by atoms with E-state index in [1.807, 2.05) is 0 Å². The van der Waals surface area contributed by atoms with Crippen molar-refractivity contribution in [1.82, 2.24) is 0 Å². The van der Waals surface area contributed by atoms with Crippen molar-refractivity contribution < 1.29 is 37.0 Å². The van der Waals surface area contributed by atoms with Crippen LogP contribution < -0.4 is 4.74 Å². The maximum atomic E-state index is 14.1. The highest BCUT2D eigenvalue weighted by Crippen LogP contribution is 2.28. The second kappa shape index (κ2) is 8.21. The Morgan fingerprint density at radius 3 is 2.30 bits per heavy atom. The van der Waals surface area contributed by atoms with Gasteiger partial charge in [0.1, 0.15) is 11.8 Å². The Morgan fingerprint density at radius 1 is 1.13 bits per heavy atom. The van der Waals surface area contributed by atoms with E-state index in [0.717, 1.165) is 13.4 Å². The average Bonchev–Trinajstić information content (AvgIpc) is 2.52. The van der Waals surface area contributed by atoms with Crippen LogP contribution >= 0.6 is 0 Å². The van der Waals surface area contributed by atoms with Crippen LogP contribution in [0.4, 0.5) is 13.2 Å². The second-order valence-corrected chi connectivity index (χ2v) is 4.10. The van der Waals surface area contributed by atoms with Gasteiger partial charge in [0, 0.05) is 0 Å². The molecular formula is C15H15F3O5. The zero-order valence-corrected chi connectivity index (χ0v) is 12.7. The van der Waals surface area contributed by atoms with Crippen molar-refractivity contribution >= 4 is 11.8 Å². The molecule has 23 heavy (non-hydrogen) atoms. The first kappa shape index (κ1) is 18.5. The van der Waals surface area contributed by atoms with Gasteiger partial charge in [0.15, 0.2) is 17.4 Å². The van der Waals surface area contributed by atoms with Gasteiger partial charge in [-0.1, -0.05) is 0 Å². The van der Waals surface area contributed by atoms with Gasteiger partial charge in [-0.05, 0) is 19.9 Å². The summed E-state index contributed by atoms with van der Waals surface area (Å²) in [5.74, 6) is -7.85. The number of rotatable bonds is 7. The van der Waals surface area contributed by atoms with E-state index in [1.165, 1.54) is 6.92 Å². The van der Waals surface area contributed by atoms with Gasteiger partial charge in [-0.25, -0.2) is 13.6 Å². The van der Waals surface area contributed by atoms with Gasteiger partial charge in [-0.3, -0.25) is 4.79 Å². The van der Waals surface area contributed by atoms with Crippen molar-refractivity contribution in [2.75, 3.05) is 20.3 Å². The standard InChI is InChI=1S/C15H15F3O5/c1-4-22-7-9(15(20)23-5-2)13(19)8-6-10(16)12(18)14(21-3)11(8)17/h6-7H,4-5H2,1-3H3/b9-7-. The van der Waals surface area contributed by atoms with Gasteiger partial charge in [-0.2, -0.15) is 4.39 Å². The summed E-state index contributed by atoms with van der Waals surface area (Å²) in [6, 6.07) is 0.342. The van der Waals surface area contributed by atoms with Crippen LogP contribution in [0.1, 0.15) is 24.2 Å². The topological polar surface area (TPSA) is 61.8 Å². The van der Waals surface area contributed by atoms with Crippen LogP contribution in [0.25, 0.3) is 0 Å². The minimum atomic E-state index is -1.58. The third kappa shape index (κ3) is 4.02. The van der Waals surface area contributed by atoms with E-state index in [9.17, 15) is 22.8 Å². The minimum Gasteiger partial charge on any atom is -0.500 e. The predicted molar refractivity (Wildman–Crippen MR) is 73.5 cm³/mol. The van der Waals surface area contributed by atoms with E-state index in [1.54, 1.807) is 6.92 Å². The molecule has 5 nitrogen and oxygen atoms in total. The molecule has 8 heteroatoms. The molecule has 0 saturated carbocycles. The third-order valence-electron chi connectivity index (χ3n) is 2.67. The fraction of sp³-hybridized carbons (Fsp3) is 0.333. The van der Waals surface area contributed by atoms with E-state index in [4.69, 9.17) is 4.74 Å². The zero-order chi connectivity index (χ0) is 17.6. The van der Waals surface area contributed by atoms with Gasteiger partial charge in [0.25, 0.3) is 0 Å². The molecule has 0 aliphatic heterocycles. The number of methoxy groups -OCH3 is 1. The number of carbonyl (C=O) groups excluding carboxylic acids is 2. The van der Waals surface area contributed by atoms with E-state index in [-0.39, 0.29) is 13.2 Å². The predicted octanol–water partition coefficient (Wildman–Crippen LogP) is 2.78. The number of benzene rings is 1. The monoisotopic (exact) mass is 332 g/mol. The molecule has 1 aromatic rings. The van der Waals surface area contributed by atoms with Crippen LogP contribution in [-0.2, 0) is 14.3 Å². The average molecular weight is 332 g/mol. The molecule has 0 N–H and O–H groups in total. The summed E-state index contributed by atoms with van der Waals surface area (Å²) in [5, 5.41) is 0. The first-order chi connectivity index (χ1) is 10.9. The van der Waals surface area contributed by atoms with Crippen LogP contribution in [0.3, 0.4) is 0 Å². The molecule has 1 aromatic carbocycles. The molecule has 1 rings (SSSR count). The number of esters is 1. The van der Waals surface area contributed by atoms with E-state index < -0.39 is 46.1 Å². The van der Waals surface area contributed by atoms with E-state index >= 15 is 0 Å². The van der Waals surface area contributed by atoms with Crippen molar-refractivity contribution in [3.8, 4) is 5.75 Å². The van der Waals surface area contributed by atoms with E-state index in [0.29, 0.717) is 6.07 Å². The Hall–Kier alpha value is -2.51. The first-order valence-electron chi connectivity index (χ1n) is 6.63.